The first kappa shape index (κ1) is 18.9. The minimum absolute atomic E-state index is 0.0359. The van der Waals surface area contributed by atoms with Crippen LogP contribution in [0.1, 0.15) is 47.5 Å². The average molecular weight is 292 g/mol. The lowest BCUT2D eigenvalue weighted by atomic mass is 9.89. The molecule has 4 nitrogen and oxygen atoms in total. The summed E-state index contributed by atoms with van der Waals surface area (Å²) in [5.41, 5.74) is 0.0359. The van der Waals surface area contributed by atoms with E-state index in [1.807, 2.05) is 7.05 Å². The topological polar surface area (TPSA) is 49.4 Å². The molecule has 0 saturated carbocycles. The van der Waals surface area contributed by atoms with Crippen molar-refractivity contribution < 1.29 is 8.42 Å². The van der Waals surface area contributed by atoms with Crippen molar-refractivity contribution in [1.29, 1.82) is 0 Å². The van der Waals surface area contributed by atoms with Gasteiger partial charge in [0.05, 0.1) is 5.75 Å². The van der Waals surface area contributed by atoms with E-state index in [1.54, 1.807) is 6.92 Å². The van der Waals surface area contributed by atoms with Gasteiger partial charge in [0, 0.05) is 17.3 Å². The molecule has 0 aromatic rings. The van der Waals surface area contributed by atoms with Crippen LogP contribution < -0.4 is 5.32 Å². The molecule has 0 aliphatic carbocycles. The van der Waals surface area contributed by atoms with Crippen molar-refractivity contribution >= 4 is 9.84 Å². The minimum Gasteiger partial charge on any atom is -0.315 e. The van der Waals surface area contributed by atoms with Crippen LogP contribution in [0, 0.1) is 0 Å². The molecular weight excluding hydrogens is 260 g/mol. The number of nitrogens with one attached hydrogen (secondary N) is 1. The third kappa shape index (κ3) is 5.79. The predicted molar refractivity (Wildman–Crippen MR) is 83.4 cm³/mol. The Labute approximate surface area is 119 Å². The van der Waals surface area contributed by atoms with E-state index in [4.69, 9.17) is 0 Å². The maximum Gasteiger partial charge on any atom is 0.150 e. The Morgan fingerprint density at radius 3 is 2.05 bits per heavy atom. The summed E-state index contributed by atoms with van der Waals surface area (Å²) < 4.78 is 23.1. The van der Waals surface area contributed by atoms with E-state index in [-0.39, 0.29) is 11.3 Å². The fraction of sp³-hybridized carbons (Fsp3) is 1.00. The molecule has 0 radical (unpaired) electrons. The largest absolute Gasteiger partial charge is 0.315 e. The molecule has 0 amide bonds. The van der Waals surface area contributed by atoms with Gasteiger partial charge in [-0.25, -0.2) is 8.42 Å². The summed E-state index contributed by atoms with van der Waals surface area (Å²) in [7, 11) is -0.879. The summed E-state index contributed by atoms with van der Waals surface area (Å²) in [4.78, 5) is 2.42. The minimum atomic E-state index is -2.84. The second-order valence-electron chi connectivity index (χ2n) is 5.55. The third-order valence-electron chi connectivity index (χ3n) is 4.17. The molecule has 0 spiro atoms. The van der Waals surface area contributed by atoms with Gasteiger partial charge in [0.1, 0.15) is 9.84 Å². The summed E-state index contributed by atoms with van der Waals surface area (Å²) in [5.74, 6) is 0.548. The van der Waals surface area contributed by atoms with E-state index in [1.165, 1.54) is 0 Å². The van der Waals surface area contributed by atoms with E-state index < -0.39 is 9.84 Å². The van der Waals surface area contributed by atoms with Gasteiger partial charge in [-0.2, -0.15) is 0 Å². The molecule has 0 aliphatic heterocycles. The van der Waals surface area contributed by atoms with Crippen LogP contribution in [0.25, 0.3) is 0 Å². The lowest BCUT2D eigenvalue weighted by Gasteiger charge is -2.43. The van der Waals surface area contributed by atoms with E-state index >= 15 is 0 Å². The van der Waals surface area contributed by atoms with Crippen molar-refractivity contribution in [2.75, 3.05) is 31.6 Å². The fourth-order valence-electron chi connectivity index (χ4n) is 2.76. The van der Waals surface area contributed by atoms with Crippen LogP contribution in [0.4, 0.5) is 0 Å². The van der Waals surface area contributed by atoms with Crippen molar-refractivity contribution in [2.45, 2.75) is 59.0 Å². The van der Waals surface area contributed by atoms with Gasteiger partial charge in [0.25, 0.3) is 0 Å². The number of nitrogens with zero attached hydrogens (tertiary/aromatic N) is 1. The Hall–Kier alpha value is -0.130. The Kier molecular flexibility index (Phi) is 8.17. The molecule has 0 rings (SSSR count). The second kappa shape index (κ2) is 8.22. The zero-order valence-electron chi connectivity index (χ0n) is 13.5. The van der Waals surface area contributed by atoms with Crippen molar-refractivity contribution in [3.05, 3.63) is 0 Å². The second-order valence-corrected chi connectivity index (χ2v) is 8.02. The Morgan fingerprint density at radius 2 is 1.68 bits per heavy atom. The molecule has 1 unspecified atom stereocenters. The van der Waals surface area contributed by atoms with Crippen LogP contribution in [-0.2, 0) is 9.84 Å². The lowest BCUT2D eigenvalue weighted by molar-refractivity contribution is 0.0905. The molecule has 0 aromatic carbocycles. The third-order valence-corrected chi connectivity index (χ3v) is 5.96. The standard InChI is InChI=1S/C14H32N2O2S/c1-7-16(8-2)14(4,5)13(15-6)11-10-12-19(17,18)9-3/h13,15H,7-12H2,1-6H3. The summed E-state index contributed by atoms with van der Waals surface area (Å²) in [6, 6.07) is 0.305. The molecule has 0 aromatic heterocycles. The molecule has 0 heterocycles. The summed E-state index contributed by atoms with van der Waals surface area (Å²) in [6.07, 6.45) is 1.62. The Bertz CT molecular complexity index is 335. The van der Waals surface area contributed by atoms with Crippen LogP contribution in [0.2, 0.25) is 0 Å². The molecule has 1 atom stereocenters. The highest BCUT2D eigenvalue weighted by atomic mass is 32.2. The maximum absolute atomic E-state index is 11.5. The van der Waals surface area contributed by atoms with E-state index in [0.29, 0.717) is 11.8 Å². The maximum atomic E-state index is 11.5. The molecule has 1 N–H and O–H groups in total. The molecule has 0 aliphatic rings. The lowest BCUT2D eigenvalue weighted by Crippen LogP contribution is -2.57. The van der Waals surface area contributed by atoms with Gasteiger partial charge in [-0.3, -0.25) is 4.90 Å². The van der Waals surface area contributed by atoms with Crippen LogP contribution in [0.15, 0.2) is 0 Å². The average Bonchev–Trinajstić information content (AvgIpc) is 2.35. The zero-order valence-corrected chi connectivity index (χ0v) is 14.3. The first-order valence-electron chi connectivity index (χ1n) is 7.37. The van der Waals surface area contributed by atoms with Gasteiger partial charge in [-0.15, -0.1) is 0 Å². The number of hydrogen-bond donors (Lipinski definition) is 1. The fourth-order valence-corrected chi connectivity index (χ4v) is 3.66. The van der Waals surface area contributed by atoms with Gasteiger partial charge in [0.2, 0.25) is 0 Å². The van der Waals surface area contributed by atoms with Crippen molar-refractivity contribution in [1.82, 2.24) is 10.2 Å². The van der Waals surface area contributed by atoms with Crippen LogP contribution in [0.3, 0.4) is 0 Å². The highest BCUT2D eigenvalue weighted by Gasteiger charge is 2.32. The SMILES string of the molecule is CCN(CC)C(C)(C)C(CCCS(=O)(=O)CC)NC. The van der Waals surface area contributed by atoms with Crippen LogP contribution in [0.5, 0.6) is 0 Å². The van der Waals surface area contributed by atoms with Crippen molar-refractivity contribution in [2.24, 2.45) is 0 Å². The van der Waals surface area contributed by atoms with E-state index in [2.05, 4.69) is 37.9 Å². The van der Waals surface area contributed by atoms with Crippen LogP contribution in [-0.4, -0.2) is 56.5 Å². The Morgan fingerprint density at radius 1 is 1.16 bits per heavy atom. The van der Waals surface area contributed by atoms with Gasteiger partial charge in [0.15, 0.2) is 0 Å². The molecule has 19 heavy (non-hydrogen) atoms. The summed E-state index contributed by atoms with van der Waals surface area (Å²) in [5, 5.41) is 3.36. The number of rotatable bonds is 10. The smallest absolute Gasteiger partial charge is 0.150 e. The van der Waals surface area contributed by atoms with Gasteiger partial charge in [-0.1, -0.05) is 20.8 Å². The normalized spacial score (nSPS) is 14.9. The monoisotopic (exact) mass is 292 g/mol. The van der Waals surface area contributed by atoms with Gasteiger partial charge < -0.3 is 5.32 Å². The molecule has 5 heteroatoms. The van der Waals surface area contributed by atoms with Crippen molar-refractivity contribution in [3.8, 4) is 0 Å². The zero-order chi connectivity index (χ0) is 15.1. The Balaban J connectivity index is 4.57. The molecule has 0 fully saturated rings. The highest BCUT2D eigenvalue weighted by Crippen LogP contribution is 2.22. The molecule has 116 valence electrons. The summed E-state index contributed by atoms with van der Waals surface area (Å²) in [6.45, 7) is 12.5. The molecular formula is C14H32N2O2S. The van der Waals surface area contributed by atoms with Gasteiger partial charge >= 0.3 is 0 Å². The first-order valence-corrected chi connectivity index (χ1v) is 9.20. The number of hydrogen-bond acceptors (Lipinski definition) is 4. The quantitative estimate of drug-likeness (QED) is 0.668. The highest BCUT2D eigenvalue weighted by molar-refractivity contribution is 7.91. The summed E-state index contributed by atoms with van der Waals surface area (Å²) >= 11 is 0. The van der Waals surface area contributed by atoms with Crippen LogP contribution >= 0.6 is 0 Å². The first-order chi connectivity index (χ1) is 8.75. The molecule has 0 saturated heterocycles. The van der Waals surface area contributed by atoms with E-state index in [9.17, 15) is 8.42 Å². The van der Waals surface area contributed by atoms with Gasteiger partial charge in [-0.05, 0) is 46.8 Å². The number of likely N-dealkylation sites (N-methyl/N-ethyl adjacent to an activating group) is 2. The predicted octanol–water partition coefficient (Wildman–Crippen LogP) is 1.91. The number of sulfone groups is 1. The van der Waals surface area contributed by atoms with Crippen molar-refractivity contribution in [3.63, 3.8) is 0 Å². The van der Waals surface area contributed by atoms with E-state index in [0.717, 1.165) is 25.9 Å². The molecule has 0 bridgehead atoms.